The number of hydrogen-bond donors (Lipinski definition) is 0. The molecule has 25 heavy (non-hydrogen) atoms. The topological polar surface area (TPSA) is 38.1 Å². The SMILES string of the molecule is CC(C(=O)N1CCSCC1)n1cc(-c2cccc3ccccc23)cn1. The molecular weight excluding hydrogens is 330 g/mol. The van der Waals surface area contributed by atoms with Crippen molar-refractivity contribution in [3.63, 3.8) is 0 Å². The van der Waals surface area contributed by atoms with Gasteiger partial charge in [-0.15, -0.1) is 0 Å². The van der Waals surface area contributed by atoms with E-state index < -0.39 is 0 Å². The standard InChI is InChI=1S/C20H21N3OS/c1-15(20(24)22-9-11-25-12-10-22)23-14-17(13-21-23)19-8-4-6-16-5-2-3-7-18(16)19/h2-8,13-15H,9-12H2,1H3. The number of hydrogen-bond acceptors (Lipinski definition) is 3. The largest absolute Gasteiger partial charge is 0.339 e. The van der Waals surface area contributed by atoms with Gasteiger partial charge in [-0.25, -0.2) is 0 Å². The lowest BCUT2D eigenvalue weighted by Gasteiger charge is -2.28. The molecule has 5 heteroatoms. The minimum Gasteiger partial charge on any atom is -0.339 e. The molecule has 2 heterocycles. The molecule has 1 fully saturated rings. The number of carbonyl (C=O) groups excluding carboxylic acids is 1. The highest BCUT2D eigenvalue weighted by Gasteiger charge is 2.24. The summed E-state index contributed by atoms with van der Waals surface area (Å²) in [5, 5.41) is 6.90. The Hall–Kier alpha value is -2.27. The van der Waals surface area contributed by atoms with Gasteiger partial charge in [0.15, 0.2) is 0 Å². The number of thioether (sulfide) groups is 1. The van der Waals surface area contributed by atoms with Crippen LogP contribution >= 0.6 is 11.8 Å². The molecule has 1 saturated heterocycles. The zero-order valence-electron chi connectivity index (χ0n) is 14.3. The molecule has 0 bridgehead atoms. The van der Waals surface area contributed by atoms with Gasteiger partial charge in [0.05, 0.1) is 6.20 Å². The number of aromatic nitrogens is 2. The second kappa shape index (κ2) is 6.92. The molecule has 0 radical (unpaired) electrons. The van der Waals surface area contributed by atoms with Crippen LogP contribution in [0.4, 0.5) is 0 Å². The van der Waals surface area contributed by atoms with Crippen LogP contribution in [0.3, 0.4) is 0 Å². The molecule has 1 aliphatic heterocycles. The van der Waals surface area contributed by atoms with Crippen LogP contribution in [0, 0.1) is 0 Å². The summed E-state index contributed by atoms with van der Waals surface area (Å²) in [5.74, 6) is 2.21. The molecule has 0 N–H and O–H groups in total. The van der Waals surface area contributed by atoms with Gasteiger partial charge in [0.2, 0.25) is 5.91 Å². The van der Waals surface area contributed by atoms with E-state index in [9.17, 15) is 4.79 Å². The highest BCUT2D eigenvalue weighted by molar-refractivity contribution is 7.99. The highest BCUT2D eigenvalue weighted by atomic mass is 32.2. The summed E-state index contributed by atoms with van der Waals surface area (Å²) in [6, 6.07) is 14.4. The van der Waals surface area contributed by atoms with E-state index in [1.165, 1.54) is 10.8 Å². The van der Waals surface area contributed by atoms with Crippen LogP contribution in [-0.2, 0) is 4.79 Å². The van der Waals surface area contributed by atoms with Crippen molar-refractivity contribution in [2.45, 2.75) is 13.0 Å². The summed E-state index contributed by atoms with van der Waals surface area (Å²) in [6.07, 6.45) is 3.85. The number of carbonyl (C=O) groups is 1. The van der Waals surface area contributed by atoms with E-state index in [0.717, 1.165) is 35.7 Å². The Bertz CT molecular complexity index is 893. The van der Waals surface area contributed by atoms with E-state index in [2.05, 4.69) is 41.5 Å². The van der Waals surface area contributed by atoms with Gasteiger partial charge in [-0.1, -0.05) is 42.5 Å². The van der Waals surface area contributed by atoms with Crippen molar-refractivity contribution in [2.24, 2.45) is 0 Å². The van der Waals surface area contributed by atoms with E-state index in [1.54, 1.807) is 4.68 Å². The predicted octanol–water partition coefficient (Wildman–Crippen LogP) is 3.84. The summed E-state index contributed by atoms with van der Waals surface area (Å²) in [5.41, 5.74) is 2.20. The van der Waals surface area contributed by atoms with Crippen molar-refractivity contribution in [2.75, 3.05) is 24.6 Å². The summed E-state index contributed by atoms with van der Waals surface area (Å²) < 4.78 is 1.79. The van der Waals surface area contributed by atoms with Crippen LogP contribution in [0.2, 0.25) is 0 Å². The third kappa shape index (κ3) is 3.16. The molecule has 1 amide bonds. The van der Waals surface area contributed by atoms with Gasteiger partial charge in [-0.05, 0) is 23.3 Å². The van der Waals surface area contributed by atoms with Gasteiger partial charge in [0.1, 0.15) is 6.04 Å². The smallest absolute Gasteiger partial charge is 0.247 e. The Morgan fingerprint density at radius 2 is 1.88 bits per heavy atom. The van der Waals surface area contributed by atoms with Gasteiger partial charge in [0, 0.05) is 36.4 Å². The molecule has 2 aromatic carbocycles. The van der Waals surface area contributed by atoms with Crippen molar-refractivity contribution in [3.05, 3.63) is 54.9 Å². The number of benzene rings is 2. The molecule has 4 rings (SSSR count). The first-order chi connectivity index (χ1) is 12.2. The molecule has 1 aliphatic rings. The molecule has 4 nitrogen and oxygen atoms in total. The zero-order valence-corrected chi connectivity index (χ0v) is 15.1. The van der Waals surface area contributed by atoms with Crippen molar-refractivity contribution >= 4 is 28.4 Å². The summed E-state index contributed by atoms with van der Waals surface area (Å²) >= 11 is 1.91. The van der Waals surface area contributed by atoms with E-state index in [1.807, 2.05) is 42.0 Å². The van der Waals surface area contributed by atoms with Gasteiger partial charge < -0.3 is 4.90 Å². The molecule has 1 unspecified atom stereocenters. The van der Waals surface area contributed by atoms with Gasteiger partial charge in [-0.2, -0.15) is 16.9 Å². The van der Waals surface area contributed by atoms with Gasteiger partial charge in [-0.3, -0.25) is 9.48 Å². The lowest BCUT2D eigenvalue weighted by Crippen LogP contribution is -2.41. The van der Waals surface area contributed by atoms with Crippen LogP contribution in [0.25, 0.3) is 21.9 Å². The molecule has 128 valence electrons. The fourth-order valence-electron chi connectivity index (χ4n) is 3.33. The van der Waals surface area contributed by atoms with E-state index in [4.69, 9.17) is 0 Å². The Morgan fingerprint density at radius 1 is 1.12 bits per heavy atom. The highest BCUT2D eigenvalue weighted by Crippen LogP contribution is 2.29. The van der Waals surface area contributed by atoms with Crippen molar-refractivity contribution < 1.29 is 4.79 Å². The van der Waals surface area contributed by atoms with Crippen molar-refractivity contribution in [3.8, 4) is 11.1 Å². The molecule has 0 aliphatic carbocycles. The first kappa shape index (κ1) is 16.2. The van der Waals surface area contributed by atoms with Gasteiger partial charge >= 0.3 is 0 Å². The number of amides is 1. The minimum atomic E-state index is -0.271. The van der Waals surface area contributed by atoms with E-state index in [0.29, 0.717) is 0 Å². The quantitative estimate of drug-likeness (QED) is 0.719. The average Bonchev–Trinajstić information content (AvgIpc) is 3.17. The fraction of sp³-hybridized carbons (Fsp3) is 0.300. The second-order valence-electron chi connectivity index (χ2n) is 6.35. The maximum absolute atomic E-state index is 12.7. The lowest BCUT2D eigenvalue weighted by molar-refractivity contribution is -0.134. The van der Waals surface area contributed by atoms with Gasteiger partial charge in [0.25, 0.3) is 0 Å². The van der Waals surface area contributed by atoms with Crippen molar-refractivity contribution in [1.29, 1.82) is 0 Å². The van der Waals surface area contributed by atoms with E-state index in [-0.39, 0.29) is 11.9 Å². The monoisotopic (exact) mass is 351 g/mol. The number of rotatable bonds is 3. The third-order valence-corrected chi connectivity index (χ3v) is 5.72. The molecule has 1 atom stereocenters. The van der Waals surface area contributed by atoms with Crippen molar-refractivity contribution in [1.82, 2.24) is 14.7 Å². The maximum Gasteiger partial charge on any atom is 0.247 e. The Kier molecular flexibility index (Phi) is 4.49. The zero-order chi connectivity index (χ0) is 17.2. The van der Waals surface area contributed by atoms with E-state index >= 15 is 0 Å². The second-order valence-corrected chi connectivity index (χ2v) is 7.57. The first-order valence-electron chi connectivity index (χ1n) is 8.63. The lowest BCUT2D eigenvalue weighted by atomic mass is 10.0. The third-order valence-electron chi connectivity index (χ3n) is 4.78. The Labute approximate surface area is 151 Å². The number of nitrogens with zero attached hydrogens (tertiary/aromatic N) is 3. The van der Waals surface area contributed by atoms with Crippen LogP contribution in [0.15, 0.2) is 54.9 Å². The molecule has 0 saturated carbocycles. The Balaban J connectivity index is 1.62. The summed E-state index contributed by atoms with van der Waals surface area (Å²) in [7, 11) is 0. The number of fused-ring (bicyclic) bond motifs is 1. The van der Waals surface area contributed by atoms with Crippen LogP contribution in [0.5, 0.6) is 0 Å². The molecule has 3 aromatic rings. The predicted molar refractivity (Wildman–Crippen MR) is 104 cm³/mol. The normalized spacial score (nSPS) is 16.1. The van der Waals surface area contributed by atoms with Crippen LogP contribution in [-0.4, -0.2) is 45.2 Å². The Morgan fingerprint density at radius 3 is 2.72 bits per heavy atom. The molecule has 0 spiro atoms. The summed E-state index contributed by atoms with van der Waals surface area (Å²) in [6.45, 7) is 3.61. The fourth-order valence-corrected chi connectivity index (χ4v) is 4.23. The molecular formula is C20H21N3OS. The maximum atomic E-state index is 12.7. The first-order valence-corrected chi connectivity index (χ1v) is 9.78. The van der Waals surface area contributed by atoms with Crippen LogP contribution < -0.4 is 0 Å². The minimum absolute atomic E-state index is 0.160. The molecule has 1 aromatic heterocycles. The average molecular weight is 351 g/mol. The summed E-state index contributed by atoms with van der Waals surface area (Å²) in [4.78, 5) is 14.7. The van der Waals surface area contributed by atoms with Crippen LogP contribution in [0.1, 0.15) is 13.0 Å².